The maximum Gasteiger partial charge on any atom is 0.168 e. The summed E-state index contributed by atoms with van der Waals surface area (Å²) in [6.45, 7) is 1.86. The number of aliphatic hydroxyl groups excluding tert-OH is 1. The molecule has 0 saturated heterocycles. The Hall–Kier alpha value is -1.42. The van der Waals surface area contributed by atoms with Gasteiger partial charge in [-0.05, 0) is 19.1 Å². The average molecular weight is 181 g/mol. The summed E-state index contributed by atoms with van der Waals surface area (Å²) >= 11 is 0. The van der Waals surface area contributed by atoms with Gasteiger partial charge in [-0.3, -0.25) is 4.79 Å². The number of carbonyl (C=O) groups excluding carboxylic acids is 1. The van der Waals surface area contributed by atoms with E-state index in [9.17, 15) is 4.79 Å². The molecule has 0 spiro atoms. The number of rotatable bonds is 4. The van der Waals surface area contributed by atoms with Gasteiger partial charge in [0.05, 0.1) is 12.3 Å². The highest BCUT2D eigenvalue weighted by Gasteiger charge is 1.98. The zero-order valence-electron chi connectivity index (χ0n) is 7.30. The van der Waals surface area contributed by atoms with E-state index < -0.39 is 6.10 Å². The van der Waals surface area contributed by atoms with Crippen molar-refractivity contribution < 1.29 is 14.6 Å². The lowest BCUT2D eigenvalue weighted by Gasteiger charge is -2.06. The van der Waals surface area contributed by atoms with Crippen molar-refractivity contribution in [2.45, 2.75) is 13.0 Å². The third-order valence-corrected chi connectivity index (χ3v) is 1.37. The molecule has 1 aromatic rings. The largest absolute Gasteiger partial charge is 0.489 e. The van der Waals surface area contributed by atoms with Gasteiger partial charge in [-0.25, -0.2) is 4.98 Å². The highest BCUT2D eigenvalue weighted by atomic mass is 16.5. The van der Waals surface area contributed by atoms with E-state index in [1.807, 2.05) is 0 Å². The zero-order valence-corrected chi connectivity index (χ0v) is 7.30. The first-order chi connectivity index (χ1) is 6.22. The summed E-state index contributed by atoms with van der Waals surface area (Å²) in [6, 6.07) is 3.20. The van der Waals surface area contributed by atoms with Crippen LogP contribution in [0, 0.1) is 0 Å². The molecule has 1 aromatic heterocycles. The minimum Gasteiger partial charge on any atom is -0.489 e. The predicted molar refractivity (Wildman–Crippen MR) is 46.8 cm³/mol. The van der Waals surface area contributed by atoms with E-state index in [-0.39, 0.29) is 6.61 Å². The lowest BCUT2D eigenvalue weighted by atomic mass is 10.3. The maximum atomic E-state index is 10.2. The van der Waals surface area contributed by atoms with E-state index in [4.69, 9.17) is 9.84 Å². The van der Waals surface area contributed by atoms with Gasteiger partial charge in [-0.1, -0.05) is 0 Å². The van der Waals surface area contributed by atoms with Gasteiger partial charge in [-0.2, -0.15) is 0 Å². The van der Waals surface area contributed by atoms with Crippen LogP contribution in [-0.2, 0) is 0 Å². The van der Waals surface area contributed by atoms with Crippen LogP contribution in [0.5, 0.6) is 5.75 Å². The standard InChI is InChI=1S/C9H11NO3/c1-7(12)6-13-9-3-2-8(5-11)10-4-9/h2-5,7,12H,6H2,1H3. The lowest BCUT2D eigenvalue weighted by molar-refractivity contribution is 0.111. The first-order valence-corrected chi connectivity index (χ1v) is 3.94. The molecular formula is C9H11NO3. The van der Waals surface area contributed by atoms with Gasteiger partial charge in [0.25, 0.3) is 0 Å². The van der Waals surface area contributed by atoms with Crippen molar-refractivity contribution in [2.75, 3.05) is 6.61 Å². The van der Waals surface area contributed by atoms with Gasteiger partial charge in [-0.15, -0.1) is 0 Å². The molecule has 0 saturated carbocycles. The second-order valence-corrected chi connectivity index (χ2v) is 2.70. The van der Waals surface area contributed by atoms with Crippen LogP contribution in [0.1, 0.15) is 17.4 Å². The minimum absolute atomic E-state index is 0.224. The van der Waals surface area contributed by atoms with Crippen LogP contribution in [0.25, 0.3) is 0 Å². The molecule has 0 aliphatic rings. The molecule has 0 radical (unpaired) electrons. The number of pyridine rings is 1. The van der Waals surface area contributed by atoms with E-state index >= 15 is 0 Å². The van der Waals surface area contributed by atoms with Crippen molar-refractivity contribution >= 4 is 6.29 Å². The summed E-state index contributed by atoms with van der Waals surface area (Å²) < 4.78 is 5.14. The monoisotopic (exact) mass is 181 g/mol. The molecule has 4 heteroatoms. The quantitative estimate of drug-likeness (QED) is 0.693. The molecule has 1 rings (SSSR count). The van der Waals surface area contributed by atoms with Crippen molar-refractivity contribution in [3.05, 3.63) is 24.0 Å². The first-order valence-electron chi connectivity index (χ1n) is 3.94. The zero-order chi connectivity index (χ0) is 9.68. The summed E-state index contributed by atoms with van der Waals surface area (Å²) in [5, 5.41) is 8.91. The number of carbonyl (C=O) groups is 1. The molecule has 0 bridgehead atoms. The van der Waals surface area contributed by atoms with Gasteiger partial charge >= 0.3 is 0 Å². The molecule has 0 fully saturated rings. The number of nitrogens with zero attached hydrogens (tertiary/aromatic N) is 1. The van der Waals surface area contributed by atoms with Crippen molar-refractivity contribution in [1.82, 2.24) is 4.98 Å². The number of aromatic nitrogens is 1. The highest BCUT2D eigenvalue weighted by molar-refractivity contribution is 5.71. The number of hydrogen-bond donors (Lipinski definition) is 1. The van der Waals surface area contributed by atoms with Crippen LogP contribution in [0.4, 0.5) is 0 Å². The van der Waals surface area contributed by atoms with Crippen LogP contribution in [-0.4, -0.2) is 29.1 Å². The first kappa shape index (κ1) is 9.67. The Morgan fingerprint density at radius 2 is 2.46 bits per heavy atom. The predicted octanol–water partition coefficient (Wildman–Crippen LogP) is 0.654. The fourth-order valence-corrected chi connectivity index (χ4v) is 0.764. The molecule has 1 N–H and O–H groups in total. The number of hydrogen-bond acceptors (Lipinski definition) is 4. The molecule has 1 atom stereocenters. The van der Waals surface area contributed by atoms with E-state index in [1.165, 1.54) is 6.20 Å². The summed E-state index contributed by atoms with van der Waals surface area (Å²) in [6.07, 6.45) is 1.61. The fourth-order valence-electron chi connectivity index (χ4n) is 0.764. The van der Waals surface area contributed by atoms with Crippen LogP contribution in [0.3, 0.4) is 0 Å². The Kier molecular flexibility index (Phi) is 3.40. The third-order valence-electron chi connectivity index (χ3n) is 1.37. The van der Waals surface area contributed by atoms with Crippen molar-refractivity contribution in [3.63, 3.8) is 0 Å². The molecule has 0 amide bonds. The van der Waals surface area contributed by atoms with Gasteiger partial charge in [0.15, 0.2) is 6.29 Å². The highest BCUT2D eigenvalue weighted by Crippen LogP contribution is 2.08. The molecule has 1 unspecified atom stereocenters. The third kappa shape index (κ3) is 3.21. The summed E-state index contributed by atoms with van der Waals surface area (Å²) in [5.74, 6) is 0.548. The topological polar surface area (TPSA) is 59.4 Å². The second kappa shape index (κ2) is 4.57. The van der Waals surface area contributed by atoms with Gasteiger partial charge in [0.1, 0.15) is 18.1 Å². The molecule has 70 valence electrons. The van der Waals surface area contributed by atoms with Gasteiger partial charge < -0.3 is 9.84 Å². The maximum absolute atomic E-state index is 10.2. The number of aliphatic hydroxyl groups is 1. The van der Waals surface area contributed by atoms with Crippen molar-refractivity contribution in [2.24, 2.45) is 0 Å². The molecule has 0 aliphatic carbocycles. The molecule has 0 aliphatic heterocycles. The van der Waals surface area contributed by atoms with Gasteiger partial charge in [0, 0.05) is 0 Å². The van der Waals surface area contributed by atoms with Crippen molar-refractivity contribution in [1.29, 1.82) is 0 Å². The Morgan fingerprint density at radius 3 is 2.92 bits per heavy atom. The number of ether oxygens (including phenoxy) is 1. The Balaban J connectivity index is 2.54. The summed E-state index contributed by atoms with van der Waals surface area (Å²) in [7, 11) is 0. The van der Waals surface area contributed by atoms with E-state index in [0.29, 0.717) is 17.7 Å². The van der Waals surface area contributed by atoms with E-state index in [1.54, 1.807) is 19.1 Å². The Labute approximate surface area is 76.2 Å². The van der Waals surface area contributed by atoms with Crippen LogP contribution >= 0.6 is 0 Å². The lowest BCUT2D eigenvalue weighted by Crippen LogP contribution is -2.12. The normalized spacial score (nSPS) is 12.2. The molecule has 13 heavy (non-hydrogen) atoms. The molecule has 0 aromatic carbocycles. The Morgan fingerprint density at radius 1 is 1.69 bits per heavy atom. The van der Waals surface area contributed by atoms with E-state index in [2.05, 4.69) is 4.98 Å². The average Bonchev–Trinajstić information content (AvgIpc) is 2.15. The SMILES string of the molecule is CC(O)COc1ccc(C=O)nc1. The van der Waals surface area contributed by atoms with Crippen LogP contribution < -0.4 is 4.74 Å². The van der Waals surface area contributed by atoms with Crippen LogP contribution in [0.2, 0.25) is 0 Å². The van der Waals surface area contributed by atoms with Gasteiger partial charge in [0.2, 0.25) is 0 Å². The minimum atomic E-state index is -0.509. The molecular weight excluding hydrogens is 170 g/mol. The fraction of sp³-hybridized carbons (Fsp3) is 0.333. The van der Waals surface area contributed by atoms with E-state index in [0.717, 1.165) is 0 Å². The van der Waals surface area contributed by atoms with Crippen LogP contribution in [0.15, 0.2) is 18.3 Å². The van der Waals surface area contributed by atoms with Crippen molar-refractivity contribution in [3.8, 4) is 5.75 Å². The summed E-state index contributed by atoms with van der Waals surface area (Å²) in [5.41, 5.74) is 0.365. The number of aldehydes is 1. The molecule has 1 heterocycles. The molecule has 4 nitrogen and oxygen atoms in total. The smallest absolute Gasteiger partial charge is 0.168 e. The Bertz CT molecular complexity index is 269. The second-order valence-electron chi connectivity index (χ2n) is 2.70. The summed E-state index contributed by atoms with van der Waals surface area (Å²) in [4.78, 5) is 14.0.